The van der Waals surface area contributed by atoms with Crippen molar-refractivity contribution < 1.29 is 17.9 Å². The van der Waals surface area contributed by atoms with Gasteiger partial charge in [0.15, 0.2) is 0 Å². The highest BCUT2D eigenvalue weighted by Gasteiger charge is 2.29. The number of ether oxygens (including phenoxy) is 1. The van der Waals surface area contributed by atoms with Crippen LogP contribution in [0.2, 0.25) is 0 Å². The van der Waals surface area contributed by atoms with E-state index in [1.165, 1.54) is 0 Å². The van der Waals surface area contributed by atoms with Crippen LogP contribution in [0.3, 0.4) is 0 Å². The third kappa shape index (κ3) is 3.11. The summed E-state index contributed by atoms with van der Waals surface area (Å²) >= 11 is 0. The number of carbonyl (C=O) groups is 1. The van der Waals surface area contributed by atoms with Gasteiger partial charge in [-0.25, -0.2) is 8.42 Å². The lowest BCUT2D eigenvalue weighted by molar-refractivity contribution is 0.0721. The molecule has 0 bridgehead atoms. The van der Waals surface area contributed by atoms with Gasteiger partial charge in [0.1, 0.15) is 15.6 Å². The summed E-state index contributed by atoms with van der Waals surface area (Å²) in [6, 6.07) is 5.57. The highest BCUT2D eigenvalue weighted by molar-refractivity contribution is 7.91. The van der Waals surface area contributed by atoms with E-state index in [4.69, 9.17) is 4.74 Å². The van der Waals surface area contributed by atoms with E-state index in [0.717, 1.165) is 30.8 Å². The number of amides is 1. The molecule has 1 aromatic rings. The minimum atomic E-state index is -2.91. The lowest BCUT2D eigenvalue weighted by atomic mass is 10.0. The van der Waals surface area contributed by atoms with Crippen LogP contribution < -0.4 is 4.74 Å². The van der Waals surface area contributed by atoms with Gasteiger partial charge in [-0.2, -0.15) is 0 Å². The van der Waals surface area contributed by atoms with Crippen molar-refractivity contribution >= 4 is 15.7 Å². The Kier molecular flexibility index (Phi) is 4.12. The third-order valence-corrected chi connectivity index (χ3v) is 6.26. The van der Waals surface area contributed by atoms with E-state index in [0.29, 0.717) is 18.4 Å². The number of hydrogen-bond donors (Lipinski definition) is 0. The molecule has 120 valence electrons. The normalized spacial score (nSPS) is 20.8. The van der Waals surface area contributed by atoms with Gasteiger partial charge >= 0.3 is 0 Å². The molecule has 0 spiro atoms. The zero-order chi connectivity index (χ0) is 15.7. The maximum absolute atomic E-state index is 12.6. The molecule has 0 atom stereocenters. The first kappa shape index (κ1) is 15.3. The van der Waals surface area contributed by atoms with Crippen molar-refractivity contribution in [2.45, 2.75) is 31.7 Å². The second-order valence-corrected chi connectivity index (χ2v) is 8.38. The SMILES string of the molecule is CN(C(=O)c1ccc2c(c1)CCCO2)C1CCS(=O)(=O)CC1. The van der Waals surface area contributed by atoms with Crippen LogP contribution in [0, 0.1) is 0 Å². The molecule has 3 rings (SSSR count). The van der Waals surface area contributed by atoms with Crippen LogP contribution in [-0.2, 0) is 16.3 Å². The number of rotatable bonds is 2. The smallest absolute Gasteiger partial charge is 0.253 e. The number of benzene rings is 1. The second-order valence-electron chi connectivity index (χ2n) is 6.07. The van der Waals surface area contributed by atoms with Crippen molar-refractivity contribution in [2.24, 2.45) is 0 Å². The summed E-state index contributed by atoms with van der Waals surface area (Å²) in [5, 5.41) is 0. The molecule has 1 fully saturated rings. The van der Waals surface area contributed by atoms with Crippen LogP contribution >= 0.6 is 0 Å². The van der Waals surface area contributed by atoms with E-state index in [2.05, 4.69) is 0 Å². The van der Waals surface area contributed by atoms with Gasteiger partial charge in [-0.15, -0.1) is 0 Å². The first-order valence-electron chi connectivity index (χ1n) is 7.69. The lowest BCUT2D eigenvalue weighted by Gasteiger charge is -2.31. The van der Waals surface area contributed by atoms with Gasteiger partial charge in [-0.3, -0.25) is 4.79 Å². The topological polar surface area (TPSA) is 63.7 Å². The lowest BCUT2D eigenvalue weighted by Crippen LogP contribution is -2.42. The van der Waals surface area contributed by atoms with Gasteiger partial charge in [-0.1, -0.05) is 0 Å². The van der Waals surface area contributed by atoms with Gasteiger partial charge in [-0.05, 0) is 49.4 Å². The minimum Gasteiger partial charge on any atom is -0.493 e. The molecular weight excluding hydrogens is 302 g/mol. The second kappa shape index (κ2) is 5.91. The standard InChI is InChI=1S/C16H21NO4S/c1-17(14-6-9-22(19,20)10-7-14)16(18)13-4-5-15-12(11-13)3-2-8-21-15/h4-5,11,14H,2-3,6-10H2,1H3. The fourth-order valence-corrected chi connectivity index (χ4v) is 4.59. The van der Waals surface area contributed by atoms with Crippen LogP contribution in [0.15, 0.2) is 18.2 Å². The minimum absolute atomic E-state index is 0.00306. The van der Waals surface area contributed by atoms with Gasteiger partial charge in [0.2, 0.25) is 0 Å². The molecule has 0 aliphatic carbocycles. The molecule has 6 heteroatoms. The van der Waals surface area contributed by atoms with E-state index in [1.54, 1.807) is 18.0 Å². The van der Waals surface area contributed by atoms with Gasteiger partial charge in [0.05, 0.1) is 18.1 Å². The fourth-order valence-electron chi connectivity index (χ4n) is 3.13. The summed E-state index contributed by atoms with van der Waals surface area (Å²) in [5.41, 5.74) is 1.73. The highest BCUT2D eigenvalue weighted by Crippen LogP contribution is 2.27. The van der Waals surface area contributed by atoms with Crippen LogP contribution in [0.25, 0.3) is 0 Å². The summed E-state index contributed by atoms with van der Waals surface area (Å²) in [5.74, 6) is 1.17. The summed E-state index contributed by atoms with van der Waals surface area (Å²) in [6.45, 7) is 0.733. The monoisotopic (exact) mass is 323 g/mol. The van der Waals surface area contributed by atoms with E-state index >= 15 is 0 Å². The molecule has 1 amide bonds. The van der Waals surface area contributed by atoms with Crippen molar-refractivity contribution in [3.8, 4) is 5.75 Å². The average Bonchev–Trinajstić information content (AvgIpc) is 2.53. The fraction of sp³-hybridized carbons (Fsp3) is 0.562. The maximum Gasteiger partial charge on any atom is 0.253 e. The molecule has 1 saturated heterocycles. The molecule has 5 nitrogen and oxygen atoms in total. The Morgan fingerprint density at radius 1 is 1.27 bits per heavy atom. The predicted octanol–water partition coefficient (Wildman–Crippen LogP) is 1.66. The molecule has 2 heterocycles. The van der Waals surface area contributed by atoms with Crippen molar-refractivity contribution in [3.63, 3.8) is 0 Å². The van der Waals surface area contributed by atoms with Crippen LogP contribution in [-0.4, -0.2) is 50.4 Å². The number of fused-ring (bicyclic) bond motifs is 1. The molecule has 1 aromatic carbocycles. The third-order valence-electron chi connectivity index (χ3n) is 4.55. The average molecular weight is 323 g/mol. The van der Waals surface area contributed by atoms with E-state index in [1.807, 2.05) is 12.1 Å². The Bertz CT molecular complexity index is 669. The summed E-state index contributed by atoms with van der Waals surface area (Å²) in [7, 11) is -1.14. The van der Waals surface area contributed by atoms with Gasteiger partial charge in [0.25, 0.3) is 5.91 Å². The Labute approximate surface area is 131 Å². The summed E-state index contributed by atoms with van der Waals surface area (Å²) < 4.78 is 28.6. The van der Waals surface area contributed by atoms with Gasteiger partial charge < -0.3 is 9.64 Å². The molecular formula is C16H21NO4S. The first-order valence-corrected chi connectivity index (χ1v) is 9.52. The molecule has 2 aliphatic heterocycles. The highest BCUT2D eigenvalue weighted by atomic mass is 32.2. The molecule has 0 radical (unpaired) electrons. The molecule has 0 saturated carbocycles. The van der Waals surface area contributed by atoms with Crippen LogP contribution in [0.1, 0.15) is 35.2 Å². The number of hydrogen-bond acceptors (Lipinski definition) is 4. The number of sulfone groups is 1. The zero-order valence-corrected chi connectivity index (χ0v) is 13.6. The summed E-state index contributed by atoms with van der Waals surface area (Å²) in [6.07, 6.45) is 2.96. The predicted molar refractivity (Wildman–Crippen MR) is 84.0 cm³/mol. The van der Waals surface area contributed by atoms with E-state index in [-0.39, 0.29) is 23.5 Å². The largest absolute Gasteiger partial charge is 0.493 e. The Balaban J connectivity index is 1.73. The molecule has 0 aromatic heterocycles. The Hall–Kier alpha value is -1.56. The number of carbonyl (C=O) groups excluding carboxylic acids is 1. The van der Waals surface area contributed by atoms with Crippen molar-refractivity contribution in [1.29, 1.82) is 0 Å². The quantitative estimate of drug-likeness (QED) is 0.830. The molecule has 0 unspecified atom stereocenters. The summed E-state index contributed by atoms with van der Waals surface area (Å²) in [4.78, 5) is 14.3. The van der Waals surface area contributed by atoms with Crippen LogP contribution in [0.5, 0.6) is 5.75 Å². The van der Waals surface area contributed by atoms with Gasteiger partial charge in [0, 0.05) is 18.7 Å². The Morgan fingerprint density at radius 2 is 2.00 bits per heavy atom. The number of aryl methyl sites for hydroxylation is 1. The number of nitrogens with zero attached hydrogens (tertiary/aromatic N) is 1. The Morgan fingerprint density at radius 3 is 2.73 bits per heavy atom. The molecule has 22 heavy (non-hydrogen) atoms. The zero-order valence-electron chi connectivity index (χ0n) is 12.7. The molecule has 0 N–H and O–H groups in total. The van der Waals surface area contributed by atoms with E-state index < -0.39 is 9.84 Å². The van der Waals surface area contributed by atoms with Crippen molar-refractivity contribution in [2.75, 3.05) is 25.2 Å². The van der Waals surface area contributed by atoms with Crippen LogP contribution in [0.4, 0.5) is 0 Å². The van der Waals surface area contributed by atoms with Crippen molar-refractivity contribution in [1.82, 2.24) is 4.90 Å². The molecule has 2 aliphatic rings. The first-order chi connectivity index (χ1) is 10.5. The van der Waals surface area contributed by atoms with E-state index in [9.17, 15) is 13.2 Å². The van der Waals surface area contributed by atoms with Crippen molar-refractivity contribution in [3.05, 3.63) is 29.3 Å². The maximum atomic E-state index is 12.6.